The molecular weight excluding hydrogens is 399 g/mol. The number of aromatic nitrogens is 1. The standard InChI is InChI=1S/C16H12Cl2N4O5/c1-8-16(24)21(15-12(27-8)2-3-13(20-15)22(25)26)7-14(23)19-11-5-9(17)4-10(18)6-11/h2-6,8H,7H2,1H3,(H,19,23). The highest BCUT2D eigenvalue weighted by molar-refractivity contribution is 6.35. The van der Waals surface area contributed by atoms with Crippen LogP contribution in [0.2, 0.25) is 10.0 Å². The van der Waals surface area contributed by atoms with Crippen molar-refractivity contribution in [2.24, 2.45) is 0 Å². The molecule has 9 nitrogen and oxygen atoms in total. The second kappa shape index (κ2) is 7.37. The molecule has 2 amide bonds. The smallest absolute Gasteiger partial charge is 0.366 e. The van der Waals surface area contributed by atoms with E-state index >= 15 is 0 Å². The zero-order valence-corrected chi connectivity index (χ0v) is 15.3. The molecule has 140 valence electrons. The number of amides is 2. The Hall–Kier alpha value is -2.91. The molecule has 1 aromatic carbocycles. The van der Waals surface area contributed by atoms with Crippen molar-refractivity contribution in [2.45, 2.75) is 13.0 Å². The average molecular weight is 411 g/mol. The van der Waals surface area contributed by atoms with Gasteiger partial charge in [0.15, 0.2) is 11.9 Å². The molecule has 1 aromatic heterocycles. The first-order valence-electron chi connectivity index (χ1n) is 7.64. The van der Waals surface area contributed by atoms with Crippen molar-refractivity contribution in [3.63, 3.8) is 0 Å². The van der Waals surface area contributed by atoms with E-state index in [1.807, 2.05) is 0 Å². The Bertz CT molecular complexity index is 932. The molecule has 27 heavy (non-hydrogen) atoms. The number of benzene rings is 1. The first-order chi connectivity index (χ1) is 12.7. The Labute approximate surface area is 163 Å². The highest BCUT2D eigenvalue weighted by Gasteiger charge is 2.37. The minimum atomic E-state index is -0.867. The Morgan fingerprint density at radius 2 is 2.00 bits per heavy atom. The van der Waals surface area contributed by atoms with Gasteiger partial charge in [-0.15, -0.1) is 0 Å². The van der Waals surface area contributed by atoms with Gasteiger partial charge in [-0.1, -0.05) is 23.2 Å². The number of hydrogen-bond acceptors (Lipinski definition) is 6. The molecule has 3 rings (SSSR count). The summed E-state index contributed by atoms with van der Waals surface area (Å²) in [5.41, 5.74) is 0.346. The van der Waals surface area contributed by atoms with Crippen molar-refractivity contribution in [3.05, 3.63) is 50.5 Å². The fourth-order valence-corrected chi connectivity index (χ4v) is 3.03. The van der Waals surface area contributed by atoms with Crippen LogP contribution >= 0.6 is 23.2 Å². The van der Waals surface area contributed by atoms with Gasteiger partial charge in [0.25, 0.3) is 11.7 Å². The van der Waals surface area contributed by atoms with Gasteiger partial charge in [0.2, 0.25) is 5.91 Å². The van der Waals surface area contributed by atoms with E-state index in [9.17, 15) is 19.7 Å². The summed E-state index contributed by atoms with van der Waals surface area (Å²) in [5.74, 6) is -1.49. The van der Waals surface area contributed by atoms with Crippen LogP contribution in [0.5, 0.6) is 5.75 Å². The second-order valence-electron chi connectivity index (χ2n) is 5.64. The third-order valence-corrected chi connectivity index (χ3v) is 4.07. The maximum atomic E-state index is 12.4. The number of halogens is 2. The summed E-state index contributed by atoms with van der Waals surface area (Å²) in [6.45, 7) is 1.09. The number of carbonyl (C=O) groups is 2. The van der Waals surface area contributed by atoms with Crippen molar-refractivity contribution in [1.82, 2.24) is 4.98 Å². The highest BCUT2D eigenvalue weighted by atomic mass is 35.5. The molecule has 2 heterocycles. The number of anilines is 2. The number of ether oxygens (including phenoxy) is 1. The third kappa shape index (κ3) is 4.09. The van der Waals surface area contributed by atoms with E-state index in [1.54, 1.807) is 0 Å². The zero-order valence-electron chi connectivity index (χ0n) is 13.8. The predicted octanol–water partition coefficient (Wildman–Crippen LogP) is 3.05. The number of fused-ring (bicyclic) bond motifs is 1. The summed E-state index contributed by atoms with van der Waals surface area (Å²) < 4.78 is 5.40. The number of hydrogen-bond donors (Lipinski definition) is 1. The topological polar surface area (TPSA) is 115 Å². The van der Waals surface area contributed by atoms with E-state index in [-0.39, 0.29) is 11.6 Å². The molecule has 0 aliphatic carbocycles. The van der Waals surface area contributed by atoms with E-state index in [4.69, 9.17) is 27.9 Å². The van der Waals surface area contributed by atoms with Crippen molar-refractivity contribution in [1.29, 1.82) is 0 Å². The van der Waals surface area contributed by atoms with E-state index in [0.29, 0.717) is 15.7 Å². The molecule has 0 saturated carbocycles. The van der Waals surface area contributed by atoms with Crippen LogP contribution in [0.15, 0.2) is 30.3 Å². The van der Waals surface area contributed by atoms with Crippen LogP contribution in [0.4, 0.5) is 17.3 Å². The lowest BCUT2D eigenvalue weighted by molar-refractivity contribution is -0.389. The maximum Gasteiger partial charge on any atom is 0.366 e. The minimum absolute atomic E-state index is 0.0911. The molecule has 1 aliphatic rings. The molecule has 1 N–H and O–H groups in total. The maximum absolute atomic E-state index is 12.4. The van der Waals surface area contributed by atoms with Crippen LogP contribution in [0.25, 0.3) is 0 Å². The Morgan fingerprint density at radius 1 is 1.33 bits per heavy atom. The van der Waals surface area contributed by atoms with Crippen molar-refractivity contribution in [2.75, 3.05) is 16.8 Å². The van der Waals surface area contributed by atoms with Gasteiger partial charge in [0, 0.05) is 21.8 Å². The van der Waals surface area contributed by atoms with E-state index in [2.05, 4.69) is 10.3 Å². The van der Waals surface area contributed by atoms with Crippen LogP contribution in [0.1, 0.15) is 6.92 Å². The van der Waals surface area contributed by atoms with Gasteiger partial charge in [0.1, 0.15) is 6.54 Å². The molecule has 1 atom stereocenters. The quantitative estimate of drug-likeness (QED) is 0.611. The summed E-state index contributed by atoms with van der Waals surface area (Å²) in [7, 11) is 0. The van der Waals surface area contributed by atoms with E-state index < -0.39 is 35.2 Å². The monoisotopic (exact) mass is 410 g/mol. The largest absolute Gasteiger partial charge is 0.475 e. The minimum Gasteiger partial charge on any atom is -0.475 e. The van der Waals surface area contributed by atoms with Crippen molar-refractivity contribution < 1.29 is 19.2 Å². The molecule has 1 unspecified atom stereocenters. The van der Waals surface area contributed by atoms with Gasteiger partial charge in [-0.2, -0.15) is 0 Å². The number of nitro groups is 1. The first kappa shape index (κ1) is 18.9. The molecule has 0 bridgehead atoms. The summed E-state index contributed by atoms with van der Waals surface area (Å²) >= 11 is 11.8. The summed E-state index contributed by atoms with van der Waals surface area (Å²) in [4.78, 5) is 40.0. The summed E-state index contributed by atoms with van der Waals surface area (Å²) in [5, 5.41) is 14.2. The first-order valence-corrected chi connectivity index (χ1v) is 8.39. The molecule has 0 fully saturated rings. The number of nitrogens with one attached hydrogen (secondary N) is 1. The van der Waals surface area contributed by atoms with Gasteiger partial charge in [-0.05, 0) is 41.1 Å². The van der Waals surface area contributed by atoms with E-state index in [0.717, 1.165) is 11.0 Å². The van der Waals surface area contributed by atoms with Crippen LogP contribution in [0.3, 0.4) is 0 Å². The molecule has 1 aliphatic heterocycles. The van der Waals surface area contributed by atoms with Crippen molar-refractivity contribution >= 4 is 52.3 Å². The van der Waals surface area contributed by atoms with Gasteiger partial charge in [-0.25, -0.2) is 0 Å². The Morgan fingerprint density at radius 3 is 2.63 bits per heavy atom. The zero-order chi connectivity index (χ0) is 19.7. The summed E-state index contributed by atoms with van der Waals surface area (Å²) in [6.07, 6.45) is -0.867. The normalized spacial score (nSPS) is 15.7. The van der Waals surface area contributed by atoms with Crippen LogP contribution in [-0.4, -0.2) is 34.4 Å². The number of rotatable bonds is 4. The van der Waals surface area contributed by atoms with Crippen LogP contribution in [-0.2, 0) is 9.59 Å². The van der Waals surface area contributed by atoms with Crippen LogP contribution < -0.4 is 15.0 Å². The van der Waals surface area contributed by atoms with Gasteiger partial charge in [0.05, 0.1) is 0 Å². The lowest BCUT2D eigenvalue weighted by atomic mass is 10.2. The predicted molar refractivity (Wildman–Crippen MR) is 98.4 cm³/mol. The molecular formula is C16H12Cl2N4O5. The summed E-state index contributed by atoms with van der Waals surface area (Å²) in [6, 6.07) is 6.99. The molecule has 0 saturated heterocycles. The Kier molecular flexibility index (Phi) is 5.15. The van der Waals surface area contributed by atoms with Gasteiger partial charge < -0.3 is 20.2 Å². The molecule has 11 heteroatoms. The van der Waals surface area contributed by atoms with Gasteiger partial charge in [-0.3, -0.25) is 14.5 Å². The third-order valence-electron chi connectivity index (χ3n) is 3.63. The van der Waals surface area contributed by atoms with E-state index in [1.165, 1.54) is 31.2 Å². The SMILES string of the molecule is CC1Oc2ccc([N+](=O)[O-])nc2N(CC(=O)Nc2cc(Cl)cc(Cl)c2)C1=O. The number of carbonyl (C=O) groups excluding carboxylic acids is 2. The fraction of sp³-hybridized carbons (Fsp3) is 0.188. The number of pyridine rings is 1. The highest BCUT2D eigenvalue weighted by Crippen LogP contribution is 2.34. The second-order valence-corrected chi connectivity index (χ2v) is 6.51. The van der Waals surface area contributed by atoms with Crippen molar-refractivity contribution in [3.8, 4) is 5.75 Å². The van der Waals surface area contributed by atoms with Crippen LogP contribution in [0, 0.1) is 10.1 Å². The lowest BCUT2D eigenvalue weighted by Gasteiger charge is -2.28. The lowest BCUT2D eigenvalue weighted by Crippen LogP contribution is -2.48. The number of nitrogens with zero attached hydrogens (tertiary/aromatic N) is 3. The Balaban J connectivity index is 1.86. The fourth-order valence-electron chi connectivity index (χ4n) is 2.50. The average Bonchev–Trinajstić information content (AvgIpc) is 2.57. The molecule has 2 aromatic rings. The molecule has 0 radical (unpaired) electrons. The van der Waals surface area contributed by atoms with Gasteiger partial charge >= 0.3 is 5.82 Å². The molecule has 0 spiro atoms.